The van der Waals surface area contributed by atoms with Crippen LogP contribution in [0.5, 0.6) is 0 Å². The first kappa shape index (κ1) is 18.5. The molecule has 1 atom stereocenters. The van der Waals surface area contributed by atoms with Gasteiger partial charge in [0.15, 0.2) is 0 Å². The molecule has 0 unspecified atom stereocenters. The van der Waals surface area contributed by atoms with Crippen molar-refractivity contribution in [1.29, 1.82) is 0 Å². The van der Waals surface area contributed by atoms with E-state index in [-0.39, 0.29) is 18.4 Å². The predicted octanol–water partition coefficient (Wildman–Crippen LogP) is 5.18. The van der Waals surface area contributed by atoms with Gasteiger partial charge in [0, 0.05) is 26.9 Å². The number of anilines is 1. The van der Waals surface area contributed by atoms with E-state index in [4.69, 9.17) is 23.2 Å². The van der Waals surface area contributed by atoms with Crippen LogP contribution in [0.4, 0.5) is 5.69 Å². The van der Waals surface area contributed by atoms with Gasteiger partial charge < -0.3 is 10.2 Å². The molecule has 28 heavy (non-hydrogen) atoms. The average Bonchev–Trinajstić information content (AvgIpc) is 2.83. The molecule has 0 spiro atoms. The van der Waals surface area contributed by atoms with Gasteiger partial charge in [0.05, 0.1) is 6.04 Å². The first-order chi connectivity index (χ1) is 13.5. The fraction of sp³-hybridized carbons (Fsp3) is 0.0909. The topological polar surface area (TPSA) is 49.4 Å². The molecule has 4 nitrogen and oxygen atoms in total. The van der Waals surface area contributed by atoms with Crippen LogP contribution in [-0.2, 0) is 4.79 Å². The molecule has 1 aliphatic rings. The normalized spacial score (nSPS) is 16.1. The van der Waals surface area contributed by atoms with Crippen LogP contribution in [0.2, 0.25) is 10.0 Å². The number of amides is 2. The standard InChI is InChI=1S/C22H16Cl2N2O2/c23-16-8-4-7-15(11-16)22(28)26-13-20(27)25-19-10-9-17(24)12-18(19)21(26)14-5-2-1-3-6-14/h1-12,21H,13H2,(H,25,27)/t21-/m1/s1. The van der Waals surface area contributed by atoms with Crippen molar-refractivity contribution >= 4 is 40.7 Å². The third kappa shape index (κ3) is 3.61. The summed E-state index contributed by atoms with van der Waals surface area (Å²) in [6, 6.07) is 21.1. The first-order valence-electron chi connectivity index (χ1n) is 8.74. The van der Waals surface area contributed by atoms with E-state index in [9.17, 15) is 9.59 Å². The Hall–Kier alpha value is -2.82. The molecule has 140 valence electrons. The Bertz CT molecular complexity index is 1050. The number of fused-ring (bicyclic) bond motifs is 1. The van der Waals surface area contributed by atoms with Gasteiger partial charge >= 0.3 is 0 Å². The van der Waals surface area contributed by atoms with Gasteiger partial charge in [-0.1, -0.05) is 59.6 Å². The maximum atomic E-state index is 13.4. The van der Waals surface area contributed by atoms with Gasteiger partial charge in [-0.3, -0.25) is 9.59 Å². The maximum Gasteiger partial charge on any atom is 0.255 e. The summed E-state index contributed by atoms with van der Waals surface area (Å²) in [4.78, 5) is 27.5. The molecule has 6 heteroatoms. The molecular weight excluding hydrogens is 395 g/mol. The summed E-state index contributed by atoms with van der Waals surface area (Å²) >= 11 is 12.3. The molecule has 3 aromatic carbocycles. The van der Waals surface area contributed by atoms with Crippen LogP contribution >= 0.6 is 23.2 Å². The Balaban J connectivity index is 1.89. The second-order valence-electron chi connectivity index (χ2n) is 6.54. The number of carbonyl (C=O) groups is 2. The number of benzene rings is 3. The Kier molecular flexibility index (Phi) is 5.07. The Morgan fingerprint density at radius 1 is 0.929 bits per heavy atom. The molecule has 1 heterocycles. The fourth-order valence-corrected chi connectivity index (χ4v) is 3.82. The molecular formula is C22H16Cl2N2O2. The molecule has 0 saturated carbocycles. The van der Waals surface area contributed by atoms with E-state index in [1.54, 1.807) is 47.4 Å². The van der Waals surface area contributed by atoms with E-state index in [1.807, 2.05) is 30.3 Å². The highest BCUT2D eigenvalue weighted by Gasteiger charge is 2.34. The number of hydrogen-bond donors (Lipinski definition) is 1. The van der Waals surface area contributed by atoms with E-state index in [0.717, 1.165) is 11.1 Å². The molecule has 0 fully saturated rings. The van der Waals surface area contributed by atoms with Crippen molar-refractivity contribution < 1.29 is 9.59 Å². The van der Waals surface area contributed by atoms with Crippen molar-refractivity contribution in [3.05, 3.63) is 99.5 Å². The third-order valence-electron chi connectivity index (χ3n) is 4.66. The fourth-order valence-electron chi connectivity index (χ4n) is 3.45. The van der Waals surface area contributed by atoms with Gasteiger partial charge in [0.1, 0.15) is 6.54 Å². The highest BCUT2D eigenvalue weighted by atomic mass is 35.5. The maximum absolute atomic E-state index is 13.4. The number of carbonyl (C=O) groups excluding carboxylic acids is 2. The summed E-state index contributed by atoms with van der Waals surface area (Å²) in [6.45, 7) is -0.0861. The SMILES string of the molecule is O=C1CN(C(=O)c2cccc(Cl)c2)[C@H](c2ccccc2)c2cc(Cl)ccc2N1. The summed E-state index contributed by atoms with van der Waals surface area (Å²) in [5, 5.41) is 3.88. The zero-order valence-corrected chi connectivity index (χ0v) is 16.2. The predicted molar refractivity (Wildman–Crippen MR) is 111 cm³/mol. The second kappa shape index (κ2) is 7.66. The lowest BCUT2D eigenvalue weighted by Gasteiger charge is -2.30. The van der Waals surface area contributed by atoms with E-state index in [0.29, 0.717) is 21.3 Å². The Morgan fingerprint density at radius 2 is 1.68 bits per heavy atom. The van der Waals surface area contributed by atoms with Crippen LogP contribution < -0.4 is 5.32 Å². The van der Waals surface area contributed by atoms with Crippen molar-refractivity contribution in [1.82, 2.24) is 4.90 Å². The van der Waals surface area contributed by atoms with Crippen LogP contribution in [-0.4, -0.2) is 23.3 Å². The summed E-state index contributed by atoms with van der Waals surface area (Å²) in [7, 11) is 0. The molecule has 1 aliphatic heterocycles. The molecule has 2 amide bonds. The van der Waals surface area contributed by atoms with Crippen LogP contribution in [0.25, 0.3) is 0 Å². The average molecular weight is 411 g/mol. The van der Waals surface area contributed by atoms with E-state index in [1.165, 1.54) is 0 Å². The Labute approximate surface area is 172 Å². The molecule has 4 rings (SSSR count). The van der Waals surface area contributed by atoms with Crippen LogP contribution in [0.15, 0.2) is 72.8 Å². The zero-order valence-electron chi connectivity index (χ0n) is 14.7. The summed E-state index contributed by atoms with van der Waals surface area (Å²) < 4.78 is 0. The van der Waals surface area contributed by atoms with E-state index < -0.39 is 6.04 Å². The minimum Gasteiger partial charge on any atom is -0.324 e. The summed E-state index contributed by atoms with van der Waals surface area (Å²) in [5.41, 5.74) is 2.72. The molecule has 1 N–H and O–H groups in total. The van der Waals surface area contributed by atoms with Gasteiger partial charge in [0.25, 0.3) is 5.91 Å². The van der Waals surface area contributed by atoms with Crippen molar-refractivity contribution in [3.63, 3.8) is 0 Å². The van der Waals surface area contributed by atoms with Gasteiger partial charge in [0.2, 0.25) is 5.91 Å². The molecule has 3 aromatic rings. The summed E-state index contributed by atoms with van der Waals surface area (Å²) in [5.74, 6) is -0.545. The largest absolute Gasteiger partial charge is 0.324 e. The van der Waals surface area contributed by atoms with E-state index in [2.05, 4.69) is 5.32 Å². The minimum absolute atomic E-state index is 0.0861. The van der Waals surface area contributed by atoms with Crippen LogP contribution in [0.3, 0.4) is 0 Å². The molecule has 0 aromatic heterocycles. The van der Waals surface area contributed by atoms with Crippen molar-refractivity contribution in [2.45, 2.75) is 6.04 Å². The van der Waals surface area contributed by atoms with Gasteiger partial charge in [-0.2, -0.15) is 0 Å². The van der Waals surface area contributed by atoms with Gasteiger partial charge in [-0.15, -0.1) is 0 Å². The molecule has 0 radical (unpaired) electrons. The smallest absolute Gasteiger partial charge is 0.255 e. The first-order valence-corrected chi connectivity index (χ1v) is 9.49. The van der Waals surface area contributed by atoms with Crippen LogP contribution in [0, 0.1) is 0 Å². The zero-order chi connectivity index (χ0) is 19.7. The third-order valence-corrected chi connectivity index (χ3v) is 5.13. The highest BCUT2D eigenvalue weighted by Crippen LogP contribution is 2.38. The van der Waals surface area contributed by atoms with Gasteiger partial charge in [-0.05, 0) is 42.0 Å². The van der Waals surface area contributed by atoms with Gasteiger partial charge in [-0.25, -0.2) is 0 Å². The minimum atomic E-state index is -0.472. The van der Waals surface area contributed by atoms with E-state index >= 15 is 0 Å². The van der Waals surface area contributed by atoms with Crippen molar-refractivity contribution in [3.8, 4) is 0 Å². The number of rotatable bonds is 2. The second-order valence-corrected chi connectivity index (χ2v) is 7.41. The van der Waals surface area contributed by atoms with Crippen molar-refractivity contribution in [2.75, 3.05) is 11.9 Å². The summed E-state index contributed by atoms with van der Waals surface area (Å²) in [6.07, 6.45) is 0. The highest BCUT2D eigenvalue weighted by molar-refractivity contribution is 6.31. The molecule has 0 aliphatic carbocycles. The number of halogens is 2. The lowest BCUT2D eigenvalue weighted by Crippen LogP contribution is -2.39. The lowest BCUT2D eigenvalue weighted by atomic mass is 9.95. The quantitative estimate of drug-likeness (QED) is 0.632. The molecule has 0 saturated heterocycles. The number of nitrogens with one attached hydrogen (secondary N) is 1. The number of nitrogens with zero attached hydrogens (tertiary/aromatic N) is 1. The molecule has 0 bridgehead atoms. The lowest BCUT2D eigenvalue weighted by molar-refractivity contribution is -0.117. The monoisotopic (exact) mass is 410 g/mol. The van der Waals surface area contributed by atoms with Crippen LogP contribution in [0.1, 0.15) is 27.5 Å². The number of hydrogen-bond acceptors (Lipinski definition) is 2. The Morgan fingerprint density at radius 3 is 2.43 bits per heavy atom. The van der Waals surface area contributed by atoms with Crippen molar-refractivity contribution in [2.24, 2.45) is 0 Å².